The molecular weight excluding hydrogens is 376 g/mol. The van der Waals surface area contributed by atoms with E-state index in [2.05, 4.69) is 15.3 Å². The third-order valence-electron chi connectivity index (χ3n) is 4.13. The second-order valence-electron chi connectivity index (χ2n) is 6.33. The van der Waals surface area contributed by atoms with Crippen LogP contribution in [0.4, 0.5) is 11.6 Å². The average molecular weight is 398 g/mol. The van der Waals surface area contributed by atoms with Crippen LogP contribution in [-0.2, 0) is 15.8 Å². The van der Waals surface area contributed by atoms with Gasteiger partial charge in [0.05, 0.1) is 18.6 Å². The highest BCUT2D eigenvalue weighted by molar-refractivity contribution is 7.88. The number of ether oxygens (including phenoxy) is 1. The van der Waals surface area contributed by atoms with E-state index < -0.39 is 10.0 Å². The fourth-order valence-electron chi connectivity index (χ4n) is 2.63. The first kappa shape index (κ1) is 19.8. The largest absolute Gasteiger partial charge is 0.496 e. The molecule has 0 saturated carbocycles. The molecule has 2 aromatic carbocycles. The summed E-state index contributed by atoms with van der Waals surface area (Å²) in [6, 6.07) is 16.6. The van der Waals surface area contributed by atoms with Crippen LogP contribution in [0.2, 0.25) is 0 Å². The monoisotopic (exact) mass is 398 g/mol. The second kappa shape index (κ2) is 8.37. The van der Waals surface area contributed by atoms with Gasteiger partial charge in [-0.3, -0.25) is 0 Å². The molecule has 0 amide bonds. The van der Waals surface area contributed by atoms with Crippen LogP contribution in [0, 0.1) is 0 Å². The average Bonchev–Trinajstić information content (AvgIpc) is 2.68. The van der Waals surface area contributed by atoms with Crippen molar-refractivity contribution in [1.29, 1.82) is 0 Å². The molecule has 0 fully saturated rings. The summed E-state index contributed by atoms with van der Waals surface area (Å²) in [6.45, 7) is 0. The Morgan fingerprint density at radius 2 is 1.86 bits per heavy atom. The summed E-state index contributed by atoms with van der Waals surface area (Å²) < 4.78 is 30.8. The zero-order chi connectivity index (χ0) is 20.1. The summed E-state index contributed by atoms with van der Waals surface area (Å²) in [5, 5.41) is 3.14. The second-order valence-corrected chi connectivity index (χ2v) is 8.51. The molecule has 1 heterocycles. The van der Waals surface area contributed by atoms with E-state index in [1.54, 1.807) is 31.5 Å². The Labute approximate surface area is 165 Å². The lowest BCUT2D eigenvalue weighted by Gasteiger charge is -2.12. The van der Waals surface area contributed by atoms with Crippen molar-refractivity contribution in [3.05, 3.63) is 66.4 Å². The normalized spacial score (nSPS) is 11.4. The molecule has 0 unspecified atom stereocenters. The molecule has 8 heteroatoms. The van der Waals surface area contributed by atoms with Crippen molar-refractivity contribution in [2.45, 2.75) is 5.75 Å². The Hall–Kier alpha value is -2.97. The quantitative estimate of drug-likeness (QED) is 0.657. The minimum absolute atomic E-state index is 0.0718. The number of rotatable bonds is 7. The topological polar surface area (TPSA) is 84.4 Å². The number of para-hydroxylation sites is 1. The number of benzene rings is 2. The minimum Gasteiger partial charge on any atom is -0.496 e. The van der Waals surface area contributed by atoms with Gasteiger partial charge in [0.2, 0.25) is 16.0 Å². The van der Waals surface area contributed by atoms with E-state index in [1.807, 2.05) is 36.4 Å². The lowest BCUT2D eigenvalue weighted by atomic mass is 10.1. The van der Waals surface area contributed by atoms with Crippen molar-refractivity contribution >= 4 is 21.7 Å². The summed E-state index contributed by atoms with van der Waals surface area (Å²) >= 11 is 0. The number of hydrogen-bond donors (Lipinski definition) is 1. The molecule has 0 atom stereocenters. The standard InChI is InChI=1S/C20H22N4O3S/c1-24(2)28(25,26)14-15-7-6-8-16(13-15)22-20-21-12-11-18(23-20)17-9-4-5-10-19(17)27-3/h4-13H,14H2,1-3H3,(H,21,22,23). The van der Waals surface area contributed by atoms with Gasteiger partial charge < -0.3 is 10.1 Å². The molecule has 0 aliphatic carbocycles. The van der Waals surface area contributed by atoms with Crippen LogP contribution in [0.5, 0.6) is 5.75 Å². The van der Waals surface area contributed by atoms with Crippen LogP contribution in [0.1, 0.15) is 5.56 Å². The molecule has 0 radical (unpaired) electrons. The summed E-state index contributed by atoms with van der Waals surface area (Å²) in [7, 11) is 1.33. The van der Waals surface area contributed by atoms with Crippen molar-refractivity contribution in [2.75, 3.05) is 26.5 Å². The summed E-state index contributed by atoms with van der Waals surface area (Å²) in [5.41, 5.74) is 2.98. The summed E-state index contributed by atoms with van der Waals surface area (Å²) in [6.07, 6.45) is 1.66. The maximum Gasteiger partial charge on any atom is 0.227 e. The highest BCUT2D eigenvalue weighted by Gasteiger charge is 2.15. The Balaban J connectivity index is 1.84. The van der Waals surface area contributed by atoms with Gasteiger partial charge in [-0.1, -0.05) is 24.3 Å². The smallest absolute Gasteiger partial charge is 0.227 e. The predicted molar refractivity (Wildman–Crippen MR) is 110 cm³/mol. The summed E-state index contributed by atoms with van der Waals surface area (Å²) in [5.74, 6) is 1.07. The number of methoxy groups -OCH3 is 1. The number of hydrogen-bond acceptors (Lipinski definition) is 6. The molecule has 0 spiro atoms. The van der Waals surface area contributed by atoms with E-state index in [4.69, 9.17) is 4.74 Å². The van der Waals surface area contributed by atoms with Crippen molar-refractivity contribution in [1.82, 2.24) is 14.3 Å². The van der Waals surface area contributed by atoms with Gasteiger partial charge in [-0.2, -0.15) is 0 Å². The van der Waals surface area contributed by atoms with Crippen LogP contribution >= 0.6 is 0 Å². The van der Waals surface area contributed by atoms with Crippen LogP contribution < -0.4 is 10.1 Å². The van der Waals surface area contributed by atoms with E-state index in [0.29, 0.717) is 17.2 Å². The van der Waals surface area contributed by atoms with Gasteiger partial charge >= 0.3 is 0 Å². The Kier molecular flexibility index (Phi) is 5.91. The molecule has 1 N–H and O–H groups in total. The van der Waals surface area contributed by atoms with Crippen LogP contribution in [0.3, 0.4) is 0 Å². The van der Waals surface area contributed by atoms with Gasteiger partial charge in [0.15, 0.2) is 0 Å². The van der Waals surface area contributed by atoms with E-state index >= 15 is 0 Å². The Morgan fingerprint density at radius 3 is 2.61 bits per heavy atom. The van der Waals surface area contributed by atoms with Gasteiger partial charge in [-0.05, 0) is 35.9 Å². The van der Waals surface area contributed by atoms with Gasteiger partial charge in [-0.25, -0.2) is 22.7 Å². The van der Waals surface area contributed by atoms with Crippen molar-refractivity contribution in [3.8, 4) is 17.0 Å². The summed E-state index contributed by atoms with van der Waals surface area (Å²) in [4.78, 5) is 8.81. The van der Waals surface area contributed by atoms with Gasteiger partial charge in [-0.15, -0.1) is 0 Å². The van der Waals surface area contributed by atoms with Gasteiger partial charge in [0, 0.05) is 31.5 Å². The zero-order valence-corrected chi connectivity index (χ0v) is 16.8. The van der Waals surface area contributed by atoms with Gasteiger partial charge in [0.25, 0.3) is 0 Å². The predicted octanol–water partition coefficient (Wildman–Crippen LogP) is 3.29. The lowest BCUT2D eigenvalue weighted by Crippen LogP contribution is -2.23. The number of aromatic nitrogens is 2. The first-order chi connectivity index (χ1) is 13.4. The minimum atomic E-state index is -3.33. The van der Waals surface area contributed by atoms with E-state index in [-0.39, 0.29) is 5.75 Å². The molecule has 0 aliphatic rings. The molecule has 3 rings (SSSR count). The number of nitrogens with one attached hydrogen (secondary N) is 1. The highest BCUT2D eigenvalue weighted by Crippen LogP contribution is 2.28. The number of sulfonamides is 1. The molecule has 3 aromatic rings. The lowest BCUT2D eigenvalue weighted by molar-refractivity contribution is 0.416. The third-order valence-corrected chi connectivity index (χ3v) is 5.94. The molecule has 28 heavy (non-hydrogen) atoms. The Bertz CT molecular complexity index is 1070. The van der Waals surface area contributed by atoms with Crippen LogP contribution in [0.25, 0.3) is 11.3 Å². The third kappa shape index (κ3) is 4.65. The number of nitrogens with zero attached hydrogens (tertiary/aromatic N) is 3. The molecule has 0 bridgehead atoms. The zero-order valence-electron chi connectivity index (χ0n) is 16.0. The first-order valence-electron chi connectivity index (χ1n) is 8.61. The maximum absolute atomic E-state index is 12.1. The van der Waals surface area contributed by atoms with E-state index in [0.717, 1.165) is 17.0 Å². The first-order valence-corrected chi connectivity index (χ1v) is 10.2. The Morgan fingerprint density at radius 1 is 1.07 bits per heavy atom. The maximum atomic E-state index is 12.1. The SMILES string of the molecule is COc1ccccc1-c1ccnc(Nc2cccc(CS(=O)(=O)N(C)C)c2)n1. The molecule has 0 saturated heterocycles. The fraction of sp³-hybridized carbons (Fsp3) is 0.200. The highest BCUT2D eigenvalue weighted by atomic mass is 32.2. The molecule has 1 aromatic heterocycles. The molecule has 0 aliphatic heterocycles. The number of anilines is 2. The van der Waals surface area contributed by atoms with E-state index in [1.165, 1.54) is 18.4 Å². The van der Waals surface area contributed by atoms with Crippen LogP contribution in [0.15, 0.2) is 60.8 Å². The van der Waals surface area contributed by atoms with E-state index in [9.17, 15) is 8.42 Å². The molecule has 146 valence electrons. The molecule has 7 nitrogen and oxygen atoms in total. The van der Waals surface area contributed by atoms with Crippen LogP contribution in [-0.4, -0.2) is 43.9 Å². The molecular formula is C20H22N4O3S. The van der Waals surface area contributed by atoms with Gasteiger partial charge in [0.1, 0.15) is 5.75 Å². The van der Waals surface area contributed by atoms with Crippen molar-refractivity contribution < 1.29 is 13.2 Å². The fourth-order valence-corrected chi connectivity index (χ4v) is 3.49. The van der Waals surface area contributed by atoms with Crippen molar-refractivity contribution in [2.24, 2.45) is 0 Å². The van der Waals surface area contributed by atoms with Crippen molar-refractivity contribution in [3.63, 3.8) is 0 Å².